The molecule has 0 aliphatic carbocycles. The summed E-state index contributed by atoms with van der Waals surface area (Å²) in [6.45, 7) is 10.8. The van der Waals surface area contributed by atoms with E-state index >= 15 is 0 Å². The van der Waals surface area contributed by atoms with E-state index in [1.54, 1.807) is 0 Å². The zero-order valence-electron chi connectivity index (χ0n) is 17.5. The van der Waals surface area contributed by atoms with Gasteiger partial charge < -0.3 is 15.0 Å². The average molecular weight is 383 g/mol. The number of amides is 1. The third-order valence-corrected chi connectivity index (χ3v) is 5.58. The van der Waals surface area contributed by atoms with Crippen molar-refractivity contribution in [1.82, 2.24) is 10.2 Å². The van der Waals surface area contributed by atoms with E-state index in [4.69, 9.17) is 4.74 Å². The van der Waals surface area contributed by atoms with Gasteiger partial charge in [0.1, 0.15) is 5.75 Å². The molecular weight excluding hydrogens is 348 g/mol. The highest BCUT2D eigenvalue weighted by Crippen LogP contribution is 2.26. The standard InChI is InChI=1S/C24H34N2O2/c1-4-22(28-23-12-7-10-20-9-5-6-11-21(20)23)24(27)25-13-8-14-26-16-18(2)15-19(3)17-26/h5-7,9-12,18-19,22H,4,8,13-17H2,1-3H3,(H,25,27)/t18-,19-,22-/m0/s1. The van der Waals surface area contributed by atoms with E-state index in [2.05, 4.69) is 36.2 Å². The smallest absolute Gasteiger partial charge is 0.261 e. The van der Waals surface area contributed by atoms with Crippen LogP contribution in [-0.2, 0) is 4.79 Å². The van der Waals surface area contributed by atoms with Gasteiger partial charge in [0.2, 0.25) is 0 Å². The van der Waals surface area contributed by atoms with Gasteiger partial charge in [0.05, 0.1) is 0 Å². The molecule has 0 bridgehead atoms. The minimum Gasteiger partial charge on any atom is -0.480 e. The Morgan fingerprint density at radius 1 is 1.14 bits per heavy atom. The predicted octanol–water partition coefficient (Wildman–Crippen LogP) is 4.48. The molecule has 0 saturated carbocycles. The maximum atomic E-state index is 12.6. The number of ether oxygens (including phenoxy) is 1. The summed E-state index contributed by atoms with van der Waals surface area (Å²) in [6.07, 6.45) is 2.50. The first-order chi connectivity index (χ1) is 13.6. The summed E-state index contributed by atoms with van der Waals surface area (Å²) in [6, 6.07) is 14.1. The molecule has 3 atom stereocenters. The van der Waals surface area contributed by atoms with Crippen molar-refractivity contribution in [2.45, 2.75) is 46.1 Å². The van der Waals surface area contributed by atoms with Gasteiger partial charge in [-0.05, 0) is 49.1 Å². The molecule has 152 valence electrons. The molecule has 3 rings (SSSR count). The van der Waals surface area contributed by atoms with Gasteiger partial charge in [-0.15, -0.1) is 0 Å². The molecule has 0 spiro atoms. The van der Waals surface area contributed by atoms with Crippen LogP contribution in [0.15, 0.2) is 42.5 Å². The third-order valence-electron chi connectivity index (χ3n) is 5.58. The molecule has 4 heteroatoms. The molecule has 0 aromatic heterocycles. The van der Waals surface area contributed by atoms with Crippen LogP contribution in [0, 0.1) is 11.8 Å². The monoisotopic (exact) mass is 382 g/mol. The van der Waals surface area contributed by atoms with Gasteiger partial charge in [-0.2, -0.15) is 0 Å². The number of rotatable bonds is 8. The lowest BCUT2D eigenvalue weighted by Gasteiger charge is -2.35. The fourth-order valence-electron chi connectivity index (χ4n) is 4.38. The van der Waals surface area contributed by atoms with Crippen LogP contribution >= 0.6 is 0 Å². The first-order valence-corrected chi connectivity index (χ1v) is 10.7. The molecule has 1 fully saturated rings. The summed E-state index contributed by atoms with van der Waals surface area (Å²) < 4.78 is 6.09. The number of carbonyl (C=O) groups is 1. The zero-order valence-corrected chi connectivity index (χ0v) is 17.5. The third kappa shape index (κ3) is 5.48. The molecule has 4 nitrogen and oxygen atoms in total. The first-order valence-electron chi connectivity index (χ1n) is 10.7. The van der Waals surface area contributed by atoms with Crippen molar-refractivity contribution in [2.75, 3.05) is 26.2 Å². The van der Waals surface area contributed by atoms with E-state index in [0.29, 0.717) is 13.0 Å². The van der Waals surface area contributed by atoms with Gasteiger partial charge in [0, 0.05) is 25.0 Å². The molecule has 2 aromatic rings. The molecule has 1 aliphatic rings. The van der Waals surface area contributed by atoms with Gasteiger partial charge >= 0.3 is 0 Å². The number of nitrogens with one attached hydrogen (secondary N) is 1. The lowest BCUT2D eigenvalue weighted by atomic mass is 9.92. The molecular formula is C24H34N2O2. The molecule has 0 unspecified atom stereocenters. The number of likely N-dealkylation sites (tertiary alicyclic amines) is 1. The van der Waals surface area contributed by atoms with Crippen molar-refractivity contribution < 1.29 is 9.53 Å². The number of carbonyl (C=O) groups excluding carboxylic acids is 1. The Morgan fingerprint density at radius 2 is 1.86 bits per heavy atom. The second-order valence-electron chi connectivity index (χ2n) is 8.34. The summed E-state index contributed by atoms with van der Waals surface area (Å²) in [5, 5.41) is 5.24. The van der Waals surface area contributed by atoms with E-state index < -0.39 is 6.10 Å². The van der Waals surface area contributed by atoms with Crippen LogP contribution in [0.5, 0.6) is 5.75 Å². The van der Waals surface area contributed by atoms with E-state index in [0.717, 1.165) is 41.3 Å². The first kappa shape index (κ1) is 20.7. The average Bonchev–Trinajstić information content (AvgIpc) is 2.68. The van der Waals surface area contributed by atoms with E-state index in [1.807, 2.05) is 37.3 Å². The van der Waals surface area contributed by atoms with Gasteiger partial charge in [-0.25, -0.2) is 0 Å². The van der Waals surface area contributed by atoms with Crippen molar-refractivity contribution in [3.63, 3.8) is 0 Å². The lowest BCUT2D eigenvalue weighted by molar-refractivity contribution is -0.128. The van der Waals surface area contributed by atoms with Gasteiger partial charge in [-0.3, -0.25) is 4.79 Å². The van der Waals surface area contributed by atoms with Gasteiger partial charge in [-0.1, -0.05) is 57.2 Å². The SMILES string of the molecule is CC[C@H](Oc1cccc2ccccc12)C(=O)NCCCN1C[C@@H](C)C[C@H](C)C1. The fraction of sp³-hybridized carbons (Fsp3) is 0.542. The van der Waals surface area contributed by atoms with Crippen LogP contribution in [0.25, 0.3) is 10.8 Å². The van der Waals surface area contributed by atoms with Crippen LogP contribution in [0.4, 0.5) is 0 Å². The number of hydrogen-bond donors (Lipinski definition) is 1. The largest absolute Gasteiger partial charge is 0.480 e. The Labute approximate surface area is 169 Å². The Kier molecular flexibility index (Phi) is 7.32. The van der Waals surface area contributed by atoms with Crippen molar-refractivity contribution in [3.05, 3.63) is 42.5 Å². The highest BCUT2D eigenvalue weighted by atomic mass is 16.5. The fourth-order valence-corrected chi connectivity index (χ4v) is 4.38. The Bertz CT molecular complexity index is 761. The minimum atomic E-state index is -0.458. The summed E-state index contributed by atoms with van der Waals surface area (Å²) >= 11 is 0. The van der Waals surface area contributed by atoms with Gasteiger partial charge in [0.15, 0.2) is 6.10 Å². The maximum Gasteiger partial charge on any atom is 0.261 e. The lowest BCUT2D eigenvalue weighted by Crippen LogP contribution is -2.41. The highest BCUT2D eigenvalue weighted by molar-refractivity contribution is 5.89. The topological polar surface area (TPSA) is 41.6 Å². The van der Waals surface area contributed by atoms with Crippen LogP contribution < -0.4 is 10.1 Å². The summed E-state index contributed by atoms with van der Waals surface area (Å²) in [7, 11) is 0. The Balaban J connectivity index is 1.48. The number of piperidine rings is 1. The Morgan fingerprint density at radius 3 is 2.61 bits per heavy atom. The van der Waals surface area contributed by atoms with Crippen LogP contribution in [0.2, 0.25) is 0 Å². The zero-order chi connectivity index (χ0) is 19.9. The van der Waals surface area contributed by atoms with E-state index in [-0.39, 0.29) is 5.91 Å². The van der Waals surface area contributed by atoms with Crippen molar-refractivity contribution >= 4 is 16.7 Å². The van der Waals surface area contributed by atoms with Crippen LogP contribution in [0.3, 0.4) is 0 Å². The molecule has 28 heavy (non-hydrogen) atoms. The number of nitrogens with zero attached hydrogens (tertiary/aromatic N) is 1. The highest BCUT2D eigenvalue weighted by Gasteiger charge is 2.22. The van der Waals surface area contributed by atoms with Crippen molar-refractivity contribution in [2.24, 2.45) is 11.8 Å². The molecule has 1 aliphatic heterocycles. The normalized spacial score (nSPS) is 21.4. The minimum absolute atomic E-state index is 0.0178. The molecule has 2 aromatic carbocycles. The Hall–Kier alpha value is -2.07. The van der Waals surface area contributed by atoms with Gasteiger partial charge in [0.25, 0.3) is 5.91 Å². The predicted molar refractivity (Wildman–Crippen MR) is 116 cm³/mol. The van der Waals surface area contributed by atoms with Crippen LogP contribution in [0.1, 0.15) is 40.0 Å². The number of benzene rings is 2. The quantitative estimate of drug-likeness (QED) is 0.685. The second-order valence-corrected chi connectivity index (χ2v) is 8.34. The molecule has 1 heterocycles. The molecule has 1 N–H and O–H groups in total. The van der Waals surface area contributed by atoms with E-state index in [1.165, 1.54) is 19.5 Å². The van der Waals surface area contributed by atoms with Crippen molar-refractivity contribution in [3.8, 4) is 5.75 Å². The number of hydrogen-bond acceptors (Lipinski definition) is 3. The molecule has 0 radical (unpaired) electrons. The number of fused-ring (bicyclic) bond motifs is 1. The summed E-state index contributed by atoms with van der Waals surface area (Å²) in [5.41, 5.74) is 0. The second kappa shape index (κ2) is 9.92. The molecule has 1 amide bonds. The van der Waals surface area contributed by atoms with Crippen molar-refractivity contribution in [1.29, 1.82) is 0 Å². The molecule has 1 saturated heterocycles. The van der Waals surface area contributed by atoms with E-state index in [9.17, 15) is 4.79 Å². The summed E-state index contributed by atoms with van der Waals surface area (Å²) in [4.78, 5) is 15.2. The maximum absolute atomic E-state index is 12.6. The summed E-state index contributed by atoms with van der Waals surface area (Å²) in [5.74, 6) is 2.31. The van der Waals surface area contributed by atoms with Crippen LogP contribution in [-0.4, -0.2) is 43.1 Å².